The highest BCUT2D eigenvalue weighted by atomic mass is 16.5. The summed E-state index contributed by atoms with van der Waals surface area (Å²) in [6.07, 6.45) is -0.403. The van der Waals surface area contributed by atoms with Crippen molar-refractivity contribution in [1.82, 2.24) is 5.32 Å². The summed E-state index contributed by atoms with van der Waals surface area (Å²) in [5.41, 5.74) is 1.24. The Hall–Kier alpha value is -2.08. The minimum atomic E-state index is -0.958. The molecule has 0 spiro atoms. The van der Waals surface area contributed by atoms with Crippen molar-refractivity contribution in [3.63, 3.8) is 0 Å². The first-order valence-corrected chi connectivity index (χ1v) is 8.61. The molecule has 25 heavy (non-hydrogen) atoms. The van der Waals surface area contributed by atoms with E-state index in [0.29, 0.717) is 24.7 Å². The summed E-state index contributed by atoms with van der Waals surface area (Å²) in [4.78, 5) is 23.6. The maximum atomic E-state index is 12.5. The SMILES string of the molecule is Cc1ccc(C(C)C)cc1OC(C)C(=O)NC1(CC(=O)O)CCOC1. The molecule has 0 radical (unpaired) electrons. The zero-order valence-corrected chi connectivity index (χ0v) is 15.3. The number of hydrogen-bond acceptors (Lipinski definition) is 4. The minimum Gasteiger partial charge on any atom is -0.481 e. The van der Waals surface area contributed by atoms with Gasteiger partial charge >= 0.3 is 5.97 Å². The number of ether oxygens (including phenoxy) is 2. The van der Waals surface area contributed by atoms with Crippen LogP contribution in [0.3, 0.4) is 0 Å². The number of nitrogens with one attached hydrogen (secondary N) is 1. The summed E-state index contributed by atoms with van der Waals surface area (Å²) < 4.78 is 11.2. The highest BCUT2D eigenvalue weighted by molar-refractivity contribution is 5.82. The van der Waals surface area contributed by atoms with Crippen molar-refractivity contribution in [2.24, 2.45) is 0 Å². The molecule has 0 aromatic heterocycles. The van der Waals surface area contributed by atoms with Gasteiger partial charge in [-0.15, -0.1) is 0 Å². The van der Waals surface area contributed by atoms with Gasteiger partial charge in [-0.2, -0.15) is 0 Å². The number of aryl methyl sites for hydroxylation is 1. The molecule has 1 aromatic carbocycles. The number of carboxylic acids is 1. The third-order valence-corrected chi connectivity index (χ3v) is 4.53. The number of hydrogen-bond donors (Lipinski definition) is 2. The first kappa shape index (κ1) is 19.2. The van der Waals surface area contributed by atoms with Crippen molar-refractivity contribution < 1.29 is 24.2 Å². The lowest BCUT2D eigenvalue weighted by Crippen LogP contribution is -2.54. The molecule has 2 unspecified atom stereocenters. The van der Waals surface area contributed by atoms with Crippen LogP contribution in [-0.2, 0) is 14.3 Å². The van der Waals surface area contributed by atoms with E-state index in [-0.39, 0.29) is 18.9 Å². The van der Waals surface area contributed by atoms with E-state index in [1.165, 1.54) is 0 Å². The Balaban J connectivity index is 2.07. The maximum absolute atomic E-state index is 12.5. The van der Waals surface area contributed by atoms with E-state index in [0.717, 1.165) is 11.1 Å². The van der Waals surface area contributed by atoms with Crippen LogP contribution in [-0.4, -0.2) is 41.8 Å². The molecule has 2 rings (SSSR count). The van der Waals surface area contributed by atoms with Crippen LogP contribution < -0.4 is 10.1 Å². The van der Waals surface area contributed by atoms with Crippen LogP contribution in [0.25, 0.3) is 0 Å². The van der Waals surface area contributed by atoms with Crippen LogP contribution in [0.15, 0.2) is 18.2 Å². The molecule has 0 saturated carbocycles. The van der Waals surface area contributed by atoms with Crippen LogP contribution in [0.5, 0.6) is 5.75 Å². The fraction of sp³-hybridized carbons (Fsp3) is 0.579. The van der Waals surface area contributed by atoms with Crippen molar-refractivity contribution in [3.05, 3.63) is 29.3 Å². The molecule has 6 nitrogen and oxygen atoms in total. The standard InChI is InChI=1S/C19H27NO5/c1-12(2)15-6-5-13(3)16(9-15)25-14(4)18(23)20-19(10-17(21)22)7-8-24-11-19/h5-6,9,12,14H,7-8,10-11H2,1-4H3,(H,20,23)(H,21,22). The monoisotopic (exact) mass is 349 g/mol. The minimum absolute atomic E-state index is 0.159. The van der Waals surface area contributed by atoms with Crippen LogP contribution in [0, 0.1) is 6.92 Å². The average molecular weight is 349 g/mol. The van der Waals surface area contributed by atoms with Crippen molar-refractivity contribution in [2.45, 2.75) is 58.1 Å². The maximum Gasteiger partial charge on any atom is 0.305 e. The highest BCUT2D eigenvalue weighted by Gasteiger charge is 2.39. The molecule has 0 aliphatic carbocycles. The second-order valence-electron chi connectivity index (χ2n) is 7.08. The Morgan fingerprint density at radius 1 is 1.36 bits per heavy atom. The fourth-order valence-electron chi connectivity index (χ4n) is 2.89. The fourth-order valence-corrected chi connectivity index (χ4v) is 2.89. The first-order valence-electron chi connectivity index (χ1n) is 8.61. The highest BCUT2D eigenvalue weighted by Crippen LogP contribution is 2.26. The predicted octanol–water partition coefficient (Wildman–Crippen LogP) is 2.64. The zero-order valence-electron chi connectivity index (χ0n) is 15.3. The average Bonchev–Trinajstić information content (AvgIpc) is 2.96. The number of carboxylic acid groups (broad SMARTS) is 1. The van der Waals surface area contributed by atoms with Gasteiger partial charge in [0.25, 0.3) is 5.91 Å². The number of aliphatic carboxylic acids is 1. The molecule has 1 saturated heterocycles. The molecule has 1 aliphatic rings. The largest absolute Gasteiger partial charge is 0.481 e. The number of benzene rings is 1. The molecular weight excluding hydrogens is 322 g/mol. The number of amides is 1. The molecule has 6 heteroatoms. The third-order valence-electron chi connectivity index (χ3n) is 4.53. The molecule has 2 atom stereocenters. The van der Waals surface area contributed by atoms with Gasteiger partial charge in [0.2, 0.25) is 0 Å². The lowest BCUT2D eigenvalue weighted by molar-refractivity contribution is -0.139. The molecule has 1 fully saturated rings. The number of carbonyl (C=O) groups excluding carboxylic acids is 1. The van der Waals surface area contributed by atoms with Crippen molar-refractivity contribution in [1.29, 1.82) is 0 Å². The summed E-state index contributed by atoms with van der Waals surface area (Å²) in [5.74, 6) is -0.258. The first-order chi connectivity index (χ1) is 11.7. The van der Waals surface area contributed by atoms with E-state index >= 15 is 0 Å². The quantitative estimate of drug-likeness (QED) is 0.790. The van der Waals surface area contributed by atoms with Crippen LogP contribution >= 0.6 is 0 Å². The van der Waals surface area contributed by atoms with Gasteiger partial charge in [0.15, 0.2) is 6.10 Å². The number of carbonyl (C=O) groups is 2. The molecular formula is C19H27NO5. The molecule has 2 N–H and O–H groups in total. The second-order valence-corrected chi connectivity index (χ2v) is 7.08. The summed E-state index contributed by atoms with van der Waals surface area (Å²) in [6, 6.07) is 5.98. The molecule has 1 aliphatic heterocycles. The van der Waals surface area contributed by atoms with Gasteiger partial charge < -0.3 is 19.9 Å². The third kappa shape index (κ3) is 4.95. The molecule has 138 valence electrons. The summed E-state index contributed by atoms with van der Waals surface area (Å²) in [5, 5.41) is 11.9. The lowest BCUT2D eigenvalue weighted by atomic mass is 9.94. The molecule has 0 bridgehead atoms. The molecule has 1 aromatic rings. The Labute approximate surface area is 148 Å². The topological polar surface area (TPSA) is 84.9 Å². The van der Waals surface area contributed by atoms with Gasteiger partial charge in [0.05, 0.1) is 18.6 Å². The number of rotatable bonds is 7. The molecule has 1 amide bonds. The van der Waals surface area contributed by atoms with E-state index in [4.69, 9.17) is 14.6 Å². The zero-order chi connectivity index (χ0) is 18.6. The van der Waals surface area contributed by atoms with Gasteiger partial charge in [-0.05, 0) is 43.4 Å². The summed E-state index contributed by atoms with van der Waals surface area (Å²) in [6.45, 7) is 8.44. The predicted molar refractivity (Wildman–Crippen MR) is 93.9 cm³/mol. The van der Waals surface area contributed by atoms with Crippen molar-refractivity contribution in [3.8, 4) is 5.75 Å². The Kier molecular flexibility index (Phi) is 6.06. The van der Waals surface area contributed by atoms with Gasteiger partial charge in [-0.3, -0.25) is 9.59 Å². The lowest BCUT2D eigenvalue weighted by Gasteiger charge is -2.29. The van der Waals surface area contributed by atoms with Gasteiger partial charge in [0, 0.05) is 6.61 Å². The second kappa shape index (κ2) is 7.87. The Bertz CT molecular complexity index is 635. The van der Waals surface area contributed by atoms with Crippen molar-refractivity contribution in [2.75, 3.05) is 13.2 Å². The molecule has 1 heterocycles. The summed E-state index contributed by atoms with van der Waals surface area (Å²) in [7, 11) is 0. The van der Waals surface area contributed by atoms with E-state index in [9.17, 15) is 9.59 Å². The normalized spacial score (nSPS) is 21.2. The van der Waals surface area contributed by atoms with Crippen LogP contribution in [0.4, 0.5) is 0 Å². The smallest absolute Gasteiger partial charge is 0.305 e. The van der Waals surface area contributed by atoms with Crippen LogP contribution in [0.1, 0.15) is 50.7 Å². The Morgan fingerprint density at radius 2 is 2.08 bits per heavy atom. The summed E-state index contributed by atoms with van der Waals surface area (Å²) >= 11 is 0. The van der Waals surface area contributed by atoms with Crippen LogP contribution in [0.2, 0.25) is 0 Å². The van der Waals surface area contributed by atoms with E-state index in [2.05, 4.69) is 25.2 Å². The van der Waals surface area contributed by atoms with Gasteiger partial charge in [0.1, 0.15) is 5.75 Å². The van der Waals surface area contributed by atoms with Gasteiger partial charge in [-0.1, -0.05) is 26.0 Å². The Morgan fingerprint density at radius 3 is 2.64 bits per heavy atom. The van der Waals surface area contributed by atoms with E-state index < -0.39 is 17.6 Å². The van der Waals surface area contributed by atoms with Gasteiger partial charge in [-0.25, -0.2) is 0 Å². The van der Waals surface area contributed by atoms with Crippen molar-refractivity contribution >= 4 is 11.9 Å². The van der Waals surface area contributed by atoms with E-state index in [1.54, 1.807) is 6.92 Å². The van der Waals surface area contributed by atoms with E-state index in [1.807, 2.05) is 19.1 Å².